The van der Waals surface area contributed by atoms with Crippen LogP contribution < -0.4 is 0 Å². The van der Waals surface area contributed by atoms with Crippen molar-refractivity contribution >= 4 is 17.8 Å². The first-order valence-electron chi connectivity index (χ1n) is 9.64. The van der Waals surface area contributed by atoms with Crippen molar-refractivity contribution in [3.05, 3.63) is 48.6 Å². The summed E-state index contributed by atoms with van der Waals surface area (Å²) in [5, 5.41) is 0. The third-order valence-electron chi connectivity index (χ3n) is 4.41. The van der Waals surface area contributed by atoms with Gasteiger partial charge in [0.2, 0.25) is 5.54 Å². The van der Waals surface area contributed by atoms with Crippen LogP contribution >= 0.6 is 0 Å². The van der Waals surface area contributed by atoms with Crippen LogP contribution in [0.1, 0.15) is 39.2 Å². The molecule has 1 heterocycles. The molecule has 1 aliphatic heterocycles. The van der Waals surface area contributed by atoms with Crippen molar-refractivity contribution in [2.24, 2.45) is 0 Å². The second kappa shape index (κ2) is 9.69. The average molecular weight is 403 g/mol. The van der Waals surface area contributed by atoms with Gasteiger partial charge >= 0.3 is 12.1 Å². The first kappa shape index (κ1) is 22.6. The summed E-state index contributed by atoms with van der Waals surface area (Å²) in [6, 6.07) is 9.36. The summed E-state index contributed by atoms with van der Waals surface area (Å²) in [7, 11) is 0. The number of ether oxygens (including phenoxy) is 3. The zero-order valence-electron chi connectivity index (χ0n) is 17.3. The SMILES string of the molecule is C=CCOC(=O)C1(COCc2ccccc2)C(=O)CCCN1C(=O)OC(C)(C)C. The van der Waals surface area contributed by atoms with Gasteiger partial charge in [0.05, 0.1) is 13.2 Å². The molecule has 29 heavy (non-hydrogen) atoms. The Balaban J connectivity index is 2.31. The lowest BCUT2D eigenvalue weighted by Gasteiger charge is -2.43. The number of ketones is 1. The number of Topliss-reactive ketones (excluding diaryl/α,β-unsaturated/α-hetero) is 1. The van der Waals surface area contributed by atoms with E-state index in [0.29, 0.717) is 6.42 Å². The number of nitrogens with zero attached hydrogens (tertiary/aromatic N) is 1. The van der Waals surface area contributed by atoms with Crippen molar-refractivity contribution < 1.29 is 28.6 Å². The minimum absolute atomic E-state index is 0.0747. The number of carbonyl (C=O) groups is 3. The summed E-state index contributed by atoms with van der Waals surface area (Å²) in [6.45, 7) is 8.69. The maximum absolute atomic E-state index is 13.0. The highest BCUT2D eigenvalue weighted by atomic mass is 16.6. The van der Waals surface area contributed by atoms with E-state index in [0.717, 1.165) is 10.5 Å². The molecule has 1 aromatic carbocycles. The molecule has 0 radical (unpaired) electrons. The summed E-state index contributed by atoms with van der Waals surface area (Å²) < 4.78 is 16.4. The van der Waals surface area contributed by atoms with E-state index >= 15 is 0 Å². The van der Waals surface area contributed by atoms with Gasteiger partial charge in [-0.1, -0.05) is 43.0 Å². The van der Waals surface area contributed by atoms with Gasteiger partial charge in [-0.3, -0.25) is 9.69 Å². The molecule has 0 spiro atoms. The largest absolute Gasteiger partial charge is 0.459 e. The zero-order chi connectivity index (χ0) is 21.5. The smallest absolute Gasteiger partial charge is 0.411 e. The van der Waals surface area contributed by atoms with Gasteiger partial charge in [-0.15, -0.1) is 0 Å². The lowest BCUT2D eigenvalue weighted by atomic mass is 9.86. The predicted octanol–water partition coefficient (Wildman–Crippen LogP) is 3.27. The first-order chi connectivity index (χ1) is 13.7. The van der Waals surface area contributed by atoms with E-state index in [1.54, 1.807) is 20.8 Å². The van der Waals surface area contributed by atoms with Gasteiger partial charge in [-0.2, -0.15) is 0 Å². The Bertz CT molecular complexity index is 739. The first-order valence-corrected chi connectivity index (χ1v) is 9.64. The quantitative estimate of drug-likeness (QED) is 0.395. The zero-order valence-corrected chi connectivity index (χ0v) is 17.3. The monoisotopic (exact) mass is 403 g/mol. The number of benzene rings is 1. The van der Waals surface area contributed by atoms with Crippen LogP contribution in [0.3, 0.4) is 0 Å². The topological polar surface area (TPSA) is 82.1 Å². The Morgan fingerprint density at radius 3 is 2.55 bits per heavy atom. The molecule has 1 aromatic rings. The van der Waals surface area contributed by atoms with E-state index in [2.05, 4.69) is 6.58 Å². The van der Waals surface area contributed by atoms with Crippen molar-refractivity contribution in [3.8, 4) is 0 Å². The Hall–Kier alpha value is -2.67. The highest BCUT2D eigenvalue weighted by Gasteiger charge is 2.56. The molecule has 2 rings (SSSR count). The molecule has 1 atom stereocenters. The predicted molar refractivity (Wildman–Crippen MR) is 107 cm³/mol. The van der Waals surface area contributed by atoms with Crippen LogP contribution in [0.4, 0.5) is 4.79 Å². The molecule has 1 unspecified atom stereocenters. The van der Waals surface area contributed by atoms with Crippen LogP contribution in [-0.4, -0.2) is 53.6 Å². The summed E-state index contributed by atoms with van der Waals surface area (Å²) in [5.74, 6) is -1.25. The lowest BCUT2D eigenvalue weighted by Crippen LogP contribution is -2.68. The average Bonchev–Trinajstić information content (AvgIpc) is 2.66. The summed E-state index contributed by atoms with van der Waals surface area (Å²) in [5.41, 5.74) is -1.77. The van der Waals surface area contributed by atoms with Crippen LogP contribution in [0, 0.1) is 0 Å². The second-order valence-electron chi connectivity index (χ2n) is 7.88. The maximum atomic E-state index is 13.0. The standard InChI is InChI=1S/C22H29NO6/c1-5-14-28-19(25)22(16-27-15-17-10-7-6-8-11-17)18(24)12-9-13-23(22)20(26)29-21(2,3)4/h5-8,10-11H,1,9,12-16H2,2-4H3. The lowest BCUT2D eigenvalue weighted by molar-refractivity contribution is -0.169. The van der Waals surface area contributed by atoms with Gasteiger partial charge in [0, 0.05) is 13.0 Å². The van der Waals surface area contributed by atoms with Gasteiger partial charge in [0.1, 0.15) is 12.2 Å². The minimum atomic E-state index is -1.88. The molecule has 7 heteroatoms. The molecule has 1 saturated heterocycles. The molecule has 0 bridgehead atoms. The Kier molecular flexibility index (Phi) is 7.56. The van der Waals surface area contributed by atoms with Gasteiger partial charge < -0.3 is 14.2 Å². The van der Waals surface area contributed by atoms with Crippen LogP contribution in [0.25, 0.3) is 0 Å². The molecule has 1 aliphatic rings. The molecule has 158 valence electrons. The van der Waals surface area contributed by atoms with Crippen LogP contribution in [0.5, 0.6) is 0 Å². The summed E-state index contributed by atoms with van der Waals surface area (Å²) in [4.78, 5) is 40.0. The fourth-order valence-corrected chi connectivity index (χ4v) is 3.10. The normalized spacial score (nSPS) is 19.6. The minimum Gasteiger partial charge on any atom is -0.459 e. The fraction of sp³-hybridized carbons (Fsp3) is 0.500. The van der Waals surface area contributed by atoms with Crippen LogP contribution in [0.2, 0.25) is 0 Å². The number of amides is 1. The van der Waals surface area contributed by atoms with Gasteiger partial charge in [0.15, 0.2) is 5.78 Å². The van der Waals surface area contributed by atoms with E-state index in [-0.39, 0.29) is 32.8 Å². The van der Waals surface area contributed by atoms with E-state index in [9.17, 15) is 14.4 Å². The van der Waals surface area contributed by atoms with Crippen molar-refractivity contribution in [1.82, 2.24) is 4.90 Å². The fourth-order valence-electron chi connectivity index (χ4n) is 3.10. The number of carbonyl (C=O) groups excluding carboxylic acids is 3. The Labute approximate surface area is 171 Å². The van der Waals surface area contributed by atoms with Crippen molar-refractivity contribution in [1.29, 1.82) is 0 Å². The van der Waals surface area contributed by atoms with E-state index < -0.39 is 29.0 Å². The van der Waals surface area contributed by atoms with Gasteiger partial charge in [0.25, 0.3) is 0 Å². The number of hydrogen-bond acceptors (Lipinski definition) is 6. The molecule has 0 N–H and O–H groups in total. The molecule has 1 fully saturated rings. The number of rotatable bonds is 7. The third kappa shape index (κ3) is 5.67. The van der Waals surface area contributed by atoms with Crippen LogP contribution in [0.15, 0.2) is 43.0 Å². The molecule has 1 amide bonds. The third-order valence-corrected chi connectivity index (χ3v) is 4.41. The summed E-state index contributed by atoms with van der Waals surface area (Å²) in [6.07, 6.45) is 1.25. The maximum Gasteiger partial charge on any atom is 0.411 e. The molecular weight excluding hydrogens is 374 g/mol. The molecular formula is C22H29NO6. The summed E-state index contributed by atoms with van der Waals surface area (Å²) >= 11 is 0. The Morgan fingerprint density at radius 2 is 1.93 bits per heavy atom. The number of hydrogen-bond donors (Lipinski definition) is 0. The van der Waals surface area contributed by atoms with Crippen molar-refractivity contribution in [2.45, 2.75) is 51.4 Å². The van der Waals surface area contributed by atoms with Gasteiger partial charge in [-0.25, -0.2) is 9.59 Å². The highest BCUT2D eigenvalue weighted by molar-refractivity contribution is 6.11. The highest BCUT2D eigenvalue weighted by Crippen LogP contribution is 2.30. The molecule has 7 nitrogen and oxygen atoms in total. The van der Waals surface area contributed by atoms with Gasteiger partial charge in [-0.05, 0) is 32.8 Å². The van der Waals surface area contributed by atoms with E-state index in [1.165, 1.54) is 6.08 Å². The Morgan fingerprint density at radius 1 is 1.24 bits per heavy atom. The molecule has 0 aliphatic carbocycles. The van der Waals surface area contributed by atoms with Crippen molar-refractivity contribution in [2.75, 3.05) is 19.8 Å². The van der Waals surface area contributed by atoms with E-state index in [1.807, 2.05) is 30.3 Å². The second-order valence-corrected chi connectivity index (χ2v) is 7.88. The molecule has 0 saturated carbocycles. The number of likely N-dealkylation sites (tertiary alicyclic amines) is 1. The number of esters is 1. The molecule has 0 aromatic heterocycles. The van der Waals surface area contributed by atoms with Crippen LogP contribution in [-0.2, 0) is 30.4 Å². The van der Waals surface area contributed by atoms with E-state index in [4.69, 9.17) is 14.2 Å². The van der Waals surface area contributed by atoms with Crippen molar-refractivity contribution in [3.63, 3.8) is 0 Å². The number of piperidine rings is 1.